The molecule has 0 unspecified atom stereocenters. The minimum atomic E-state index is -0.894. The summed E-state index contributed by atoms with van der Waals surface area (Å²) >= 11 is 0. The number of aromatic carboxylic acids is 1. The first-order valence-electron chi connectivity index (χ1n) is 7.07. The zero-order chi connectivity index (χ0) is 15.4. The van der Waals surface area contributed by atoms with Crippen LogP contribution in [-0.2, 0) is 0 Å². The Bertz CT molecular complexity index is 473. The van der Waals surface area contributed by atoms with Crippen LogP contribution in [-0.4, -0.2) is 11.1 Å². The molecule has 0 atom stereocenters. The van der Waals surface area contributed by atoms with Gasteiger partial charge in [-0.25, -0.2) is 4.79 Å². The molecule has 2 nitrogen and oxygen atoms in total. The summed E-state index contributed by atoms with van der Waals surface area (Å²) in [4.78, 5) is 10.6. The average Bonchev–Trinajstić information content (AvgIpc) is 2.51. The van der Waals surface area contributed by atoms with Crippen molar-refractivity contribution in [2.75, 3.05) is 0 Å². The molecule has 2 rings (SSSR count). The van der Waals surface area contributed by atoms with Gasteiger partial charge >= 0.3 is 5.97 Å². The van der Waals surface area contributed by atoms with E-state index in [9.17, 15) is 4.79 Å². The first-order valence-corrected chi connectivity index (χ1v) is 7.07. The highest BCUT2D eigenvalue weighted by Crippen LogP contribution is 2.18. The molecule has 2 aromatic carbocycles. The van der Waals surface area contributed by atoms with Crippen molar-refractivity contribution in [1.82, 2.24) is 0 Å². The second kappa shape index (κ2) is 10.8. The maximum Gasteiger partial charge on any atom is 0.335 e. The molecule has 0 fully saturated rings. The standard InChI is InChI=1S/C13H10O2.C3H8.C2H6/c14-13(15)12-8-6-11(7-9-12)10-4-2-1-3-5-10;1-3-2;1-2/h1-9H,(H,14,15);3H2,1-2H3;1-2H3. The van der Waals surface area contributed by atoms with Crippen molar-refractivity contribution in [2.45, 2.75) is 34.1 Å². The molecule has 108 valence electrons. The first kappa shape index (κ1) is 17.9. The molecule has 0 aromatic heterocycles. The Kier molecular flexibility index (Phi) is 9.67. The van der Waals surface area contributed by atoms with Gasteiger partial charge in [0.15, 0.2) is 0 Å². The lowest BCUT2D eigenvalue weighted by Gasteiger charge is -2.01. The van der Waals surface area contributed by atoms with Gasteiger partial charge in [-0.15, -0.1) is 0 Å². The van der Waals surface area contributed by atoms with E-state index in [1.807, 2.05) is 56.3 Å². The molecule has 0 saturated heterocycles. The molecule has 0 spiro atoms. The third-order valence-electron chi connectivity index (χ3n) is 2.24. The molecule has 0 aliphatic heterocycles. The van der Waals surface area contributed by atoms with E-state index in [1.165, 1.54) is 6.42 Å². The second-order valence-electron chi connectivity index (χ2n) is 3.96. The largest absolute Gasteiger partial charge is 0.478 e. The molecular formula is C18H24O2. The molecule has 0 radical (unpaired) electrons. The maximum absolute atomic E-state index is 10.6. The Balaban J connectivity index is 0.000000641. The van der Waals surface area contributed by atoms with Crippen molar-refractivity contribution in [2.24, 2.45) is 0 Å². The van der Waals surface area contributed by atoms with Gasteiger partial charge < -0.3 is 5.11 Å². The first-order chi connectivity index (χ1) is 9.69. The van der Waals surface area contributed by atoms with Crippen molar-refractivity contribution < 1.29 is 9.90 Å². The zero-order valence-electron chi connectivity index (χ0n) is 12.8. The smallest absolute Gasteiger partial charge is 0.335 e. The highest BCUT2D eigenvalue weighted by atomic mass is 16.4. The number of carbonyl (C=O) groups is 1. The molecule has 2 aromatic rings. The quantitative estimate of drug-likeness (QED) is 0.784. The van der Waals surface area contributed by atoms with Crippen LogP contribution < -0.4 is 0 Å². The summed E-state index contributed by atoms with van der Waals surface area (Å²) in [6.45, 7) is 8.25. The van der Waals surface area contributed by atoms with E-state index >= 15 is 0 Å². The summed E-state index contributed by atoms with van der Waals surface area (Å²) in [5.41, 5.74) is 2.43. The SMILES string of the molecule is CC.CCC.O=C(O)c1ccc(-c2ccccc2)cc1. The summed E-state index contributed by atoms with van der Waals surface area (Å²) in [5.74, 6) is -0.894. The van der Waals surface area contributed by atoms with Crippen LogP contribution in [0.5, 0.6) is 0 Å². The van der Waals surface area contributed by atoms with Crippen LogP contribution in [0.1, 0.15) is 44.5 Å². The van der Waals surface area contributed by atoms with Gasteiger partial charge in [-0.1, -0.05) is 76.6 Å². The molecule has 0 aliphatic rings. The van der Waals surface area contributed by atoms with Gasteiger partial charge in [0, 0.05) is 0 Å². The molecule has 2 heteroatoms. The van der Waals surface area contributed by atoms with Crippen LogP contribution in [0.4, 0.5) is 0 Å². The highest BCUT2D eigenvalue weighted by Gasteiger charge is 2.02. The van der Waals surface area contributed by atoms with Crippen molar-refractivity contribution >= 4 is 5.97 Å². The topological polar surface area (TPSA) is 37.3 Å². The van der Waals surface area contributed by atoms with Gasteiger partial charge in [-0.2, -0.15) is 0 Å². The molecular weight excluding hydrogens is 248 g/mol. The zero-order valence-corrected chi connectivity index (χ0v) is 12.8. The number of carboxylic acids is 1. The minimum Gasteiger partial charge on any atom is -0.478 e. The number of hydrogen-bond acceptors (Lipinski definition) is 1. The molecule has 0 bridgehead atoms. The third kappa shape index (κ3) is 6.19. The van der Waals surface area contributed by atoms with Gasteiger partial charge in [-0.3, -0.25) is 0 Å². The van der Waals surface area contributed by atoms with Gasteiger partial charge in [0.2, 0.25) is 0 Å². The minimum absolute atomic E-state index is 0.315. The molecule has 0 amide bonds. The summed E-state index contributed by atoms with van der Waals surface area (Å²) in [5, 5.41) is 8.75. The van der Waals surface area contributed by atoms with E-state index in [0.29, 0.717) is 5.56 Å². The Morgan fingerprint density at radius 3 is 1.65 bits per heavy atom. The molecule has 1 N–H and O–H groups in total. The van der Waals surface area contributed by atoms with Crippen LogP contribution in [0, 0.1) is 0 Å². The van der Waals surface area contributed by atoms with Crippen LogP contribution in [0.3, 0.4) is 0 Å². The fourth-order valence-corrected chi connectivity index (χ4v) is 1.44. The van der Waals surface area contributed by atoms with E-state index in [0.717, 1.165) is 11.1 Å². The Morgan fingerprint density at radius 2 is 1.25 bits per heavy atom. The van der Waals surface area contributed by atoms with E-state index in [-0.39, 0.29) is 0 Å². The lowest BCUT2D eigenvalue weighted by Crippen LogP contribution is -1.94. The van der Waals surface area contributed by atoms with Crippen molar-refractivity contribution in [3.05, 3.63) is 60.2 Å². The van der Waals surface area contributed by atoms with Crippen molar-refractivity contribution in [3.63, 3.8) is 0 Å². The average molecular weight is 272 g/mol. The summed E-state index contributed by atoms with van der Waals surface area (Å²) in [6, 6.07) is 16.7. The van der Waals surface area contributed by atoms with Crippen molar-refractivity contribution in [3.8, 4) is 11.1 Å². The van der Waals surface area contributed by atoms with Crippen LogP contribution in [0.15, 0.2) is 54.6 Å². The number of benzene rings is 2. The van der Waals surface area contributed by atoms with Crippen LogP contribution in [0.2, 0.25) is 0 Å². The Hall–Kier alpha value is -2.09. The number of hydrogen-bond donors (Lipinski definition) is 1. The normalized spacial score (nSPS) is 8.60. The molecule has 20 heavy (non-hydrogen) atoms. The van der Waals surface area contributed by atoms with E-state index in [2.05, 4.69) is 13.8 Å². The third-order valence-corrected chi connectivity index (χ3v) is 2.24. The van der Waals surface area contributed by atoms with Crippen LogP contribution >= 0.6 is 0 Å². The van der Waals surface area contributed by atoms with Gasteiger partial charge in [0.1, 0.15) is 0 Å². The monoisotopic (exact) mass is 272 g/mol. The summed E-state index contributed by atoms with van der Waals surface area (Å²) in [7, 11) is 0. The fraction of sp³-hybridized carbons (Fsp3) is 0.278. The lowest BCUT2D eigenvalue weighted by molar-refractivity contribution is 0.0697. The molecule has 0 aliphatic carbocycles. The second-order valence-corrected chi connectivity index (χ2v) is 3.96. The summed E-state index contributed by atoms with van der Waals surface area (Å²) < 4.78 is 0. The van der Waals surface area contributed by atoms with Gasteiger partial charge in [0.25, 0.3) is 0 Å². The fourth-order valence-electron chi connectivity index (χ4n) is 1.44. The predicted molar refractivity (Wildman–Crippen MR) is 86.2 cm³/mol. The van der Waals surface area contributed by atoms with Crippen molar-refractivity contribution in [1.29, 1.82) is 0 Å². The lowest BCUT2D eigenvalue weighted by atomic mass is 10.0. The summed E-state index contributed by atoms with van der Waals surface area (Å²) in [6.07, 6.45) is 1.25. The van der Waals surface area contributed by atoms with E-state index < -0.39 is 5.97 Å². The number of carboxylic acid groups (broad SMARTS) is 1. The predicted octanol–water partition coefficient (Wildman–Crippen LogP) is 5.49. The Morgan fingerprint density at radius 1 is 0.850 bits per heavy atom. The van der Waals surface area contributed by atoms with Gasteiger partial charge in [0.05, 0.1) is 5.56 Å². The highest BCUT2D eigenvalue weighted by molar-refractivity contribution is 5.88. The maximum atomic E-state index is 10.6. The van der Waals surface area contributed by atoms with E-state index in [1.54, 1.807) is 12.1 Å². The van der Waals surface area contributed by atoms with E-state index in [4.69, 9.17) is 5.11 Å². The van der Waals surface area contributed by atoms with Crippen LogP contribution in [0.25, 0.3) is 11.1 Å². The number of rotatable bonds is 2. The molecule has 0 heterocycles. The van der Waals surface area contributed by atoms with Gasteiger partial charge in [-0.05, 0) is 23.3 Å². The Labute approximate surface area is 122 Å². The molecule has 0 saturated carbocycles.